The van der Waals surface area contributed by atoms with Gasteiger partial charge in [-0.3, -0.25) is 4.90 Å². The second kappa shape index (κ2) is 7.14. The number of rotatable bonds is 6. The first-order valence-corrected chi connectivity index (χ1v) is 6.84. The highest BCUT2D eigenvalue weighted by Crippen LogP contribution is 2.16. The Morgan fingerprint density at radius 2 is 2.11 bits per heavy atom. The minimum Gasteiger partial charge on any atom is -0.409 e. The van der Waals surface area contributed by atoms with E-state index in [1.807, 2.05) is 12.1 Å². The van der Waals surface area contributed by atoms with E-state index in [9.17, 15) is 0 Å². The van der Waals surface area contributed by atoms with Crippen molar-refractivity contribution in [1.82, 2.24) is 4.90 Å². The first kappa shape index (κ1) is 15.5. The van der Waals surface area contributed by atoms with Crippen molar-refractivity contribution in [3.8, 4) is 0 Å². The van der Waals surface area contributed by atoms with Crippen LogP contribution in [0, 0.1) is 6.92 Å². The molecule has 0 aliphatic rings. The maximum atomic E-state index is 8.69. The number of hydrogen-bond donors (Lipinski definition) is 2. The Labute approximate surface area is 115 Å². The number of oxime groups is 1. The van der Waals surface area contributed by atoms with E-state index in [0.29, 0.717) is 6.04 Å². The number of hydrogen-bond acceptors (Lipinski definition) is 3. The molecule has 106 valence electrons. The Morgan fingerprint density at radius 3 is 2.58 bits per heavy atom. The topological polar surface area (TPSA) is 61.8 Å². The fraction of sp³-hybridized carbons (Fsp3) is 0.533. The molecule has 0 aliphatic carbocycles. The van der Waals surface area contributed by atoms with Gasteiger partial charge in [0.25, 0.3) is 0 Å². The largest absolute Gasteiger partial charge is 0.409 e. The van der Waals surface area contributed by atoms with Crippen LogP contribution < -0.4 is 5.73 Å². The second-order valence-corrected chi connectivity index (χ2v) is 4.95. The molecule has 0 spiro atoms. The van der Waals surface area contributed by atoms with Crippen LogP contribution in [-0.4, -0.2) is 28.5 Å². The Kier molecular flexibility index (Phi) is 5.83. The van der Waals surface area contributed by atoms with Crippen molar-refractivity contribution in [2.45, 2.75) is 46.7 Å². The third-order valence-corrected chi connectivity index (χ3v) is 3.74. The van der Waals surface area contributed by atoms with Crippen LogP contribution in [0.2, 0.25) is 0 Å². The van der Waals surface area contributed by atoms with Gasteiger partial charge in [0, 0.05) is 18.2 Å². The standard InChI is InChI=1S/C15H25N3O/c1-5-12(4)18(6-2)10-14-8-7-13(9-11(14)3)15(16)17-19/h7-9,12,19H,5-6,10H2,1-4H3,(H2,16,17). The predicted molar refractivity (Wildman–Crippen MR) is 79.5 cm³/mol. The second-order valence-electron chi connectivity index (χ2n) is 4.95. The molecule has 3 N–H and O–H groups in total. The Balaban J connectivity index is 2.91. The summed E-state index contributed by atoms with van der Waals surface area (Å²) in [4.78, 5) is 2.45. The van der Waals surface area contributed by atoms with Crippen LogP contribution in [0.25, 0.3) is 0 Å². The average Bonchev–Trinajstić information content (AvgIpc) is 2.44. The van der Waals surface area contributed by atoms with Gasteiger partial charge >= 0.3 is 0 Å². The van der Waals surface area contributed by atoms with Crippen molar-refractivity contribution in [3.05, 3.63) is 34.9 Å². The highest BCUT2D eigenvalue weighted by molar-refractivity contribution is 5.97. The van der Waals surface area contributed by atoms with E-state index >= 15 is 0 Å². The molecule has 1 aromatic rings. The zero-order chi connectivity index (χ0) is 14.4. The summed E-state index contributed by atoms with van der Waals surface area (Å²) in [6.07, 6.45) is 1.15. The lowest BCUT2D eigenvalue weighted by atomic mass is 10.0. The molecule has 0 aromatic heterocycles. The van der Waals surface area contributed by atoms with Gasteiger partial charge < -0.3 is 10.9 Å². The van der Waals surface area contributed by atoms with Crippen LogP contribution in [0.1, 0.15) is 43.9 Å². The fourth-order valence-corrected chi connectivity index (χ4v) is 2.15. The fourth-order valence-electron chi connectivity index (χ4n) is 2.15. The molecule has 0 amide bonds. The van der Waals surface area contributed by atoms with Gasteiger partial charge in [-0.25, -0.2) is 0 Å². The Hall–Kier alpha value is -1.55. The summed E-state index contributed by atoms with van der Waals surface area (Å²) in [5.41, 5.74) is 8.82. The van der Waals surface area contributed by atoms with E-state index in [0.717, 1.165) is 25.1 Å². The number of nitrogens with zero attached hydrogens (tertiary/aromatic N) is 2. The van der Waals surface area contributed by atoms with E-state index in [1.165, 1.54) is 11.1 Å². The number of amidine groups is 1. The summed E-state index contributed by atoms with van der Waals surface area (Å²) < 4.78 is 0. The van der Waals surface area contributed by atoms with E-state index < -0.39 is 0 Å². The van der Waals surface area contributed by atoms with Crippen LogP contribution in [0.15, 0.2) is 23.4 Å². The molecule has 1 atom stereocenters. The van der Waals surface area contributed by atoms with Crippen LogP contribution in [0.5, 0.6) is 0 Å². The third-order valence-electron chi connectivity index (χ3n) is 3.74. The molecule has 0 bridgehead atoms. The average molecular weight is 263 g/mol. The molecule has 0 saturated carbocycles. The van der Waals surface area contributed by atoms with Gasteiger partial charge in [-0.2, -0.15) is 0 Å². The van der Waals surface area contributed by atoms with Gasteiger partial charge in [0.15, 0.2) is 5.84 Å². The van der Waals surface area contributed by atoms with E-state index in [1.54, 1.807) is 0 Å². The maximum Gasteiger partial charge on any atom is 0.170 e. The Bertz CT molecular complexity index is 443. The summed E-state index contributed by atoms with van der Waals surface area (Å²) >= 11 is 0. The van der Waals surface area contributed by atoms with Crippen molar-refractivity contribution < 1.29 is 5.21 Å². The van der Waals surface area contributed by atoms with Crippen molar-refractivity contribution in [1.29, 1.82) is 0 Å². The van der Waals surface area contributed by atoms with Gasteiger partial charge in [0.05, 0.1) is 0 Å². The van der Waals surface area contributed by atoms with Crippen molar-refractivity contribution in [3.63, 3.8) is 0 Å². The minimum absolute atomic E-state index is 0.156. The zero-order valence-corrected chi connectivity index (χ0v) is 12.3. The summed E-state index contributed by atoms with van der Waals surface area (Å²) in [7, 11) is 0. The summed E-state index contributed by atoms with van der Waals surface area (Å²) in [6, 6.07) is 6.51. The summed E-state index contributed by atoms with van der Waals surface area (Å²) in [5, 5.41) is 11.7. The molecule has 4 nitrogen and oxygen atoms in total. The lowest BCUT2D eigenvalue weighted by Gasteiger charge is -2.27. The lowest BCUT2D eigenvalue weighted by Crippen LogP contribution is -2.32. The number of benzene rings is 1. The molecule has 1 aromatic carbocycles. The molecular weight excluding hydrogens is 238 g/mol. The van der Waals surface area contributed by atoms with E-state index in [-0.39, 0.29) is 5.84 Å². The third kappa shape index (κ3) is 3.96. The van der Waals surface area contributed by atoms with Gasteiger partial charge in [-0.1, -0.05) is 31.1 Å². The monoisotopic (exact) mass is 263 g/mol. The van der Waals surface area contributed by atoms with E-state index in [2.05, 4.69) is 43.8 Å². The highest BCUT2D eigenvalue weighted by Gasteiger charge is 2.12. The van der Waals surface area contributed by atoms with Crippen molar-refractivity contribution in [2.24, 2.45) is 10.9 Å². The quantitative estimate of drug-likeness (QED) is 0.359. The zero-order valence-electron chi connectivity index (χ0n) is 12.3. The number of aryl methyl sites for hydroxylation is 1. The predicted octanol–water partition coefficient (Wildman–Crippen LogP) is 2.71. The molecule has 4 heteroatoms. The molecular formula is C15H25N3O. The van der Waals surface area contributed by atoms with Crippen LogP contribution in [0.3, 0.4) is 0 Å². The normalized spacial score (nSPS) is 13.8. The van der Waals surface area contributed by atoms with Crippen LogP contribution in [-0.2, 0) is 6.54 Å². The molecule has 0 saturated heterocycles. The van der Waals surface area contributed by atoms with Gasteiger partial charge in [0.1, 0.15) is 0 Å². The summed E-state index contributed by atoms with van der Waals surface area (Å²) in [6.45, 7) is 10.7. The summed E-state index contributed by atoms with van der Waals surface area (Å²) in [5.74, 6) is 0.156. The molecule has 19 heavy (non-hydrogen) atoms. The lowest BCUT2D eigenvalue weighted by molar-refractivity contribution is 0.205. The molecule has 1 rings (SSSR count). The van der Waals surface area contributed by atoms with Gasteiger partial charge in [-0.05, 0) is 44.0 Å². The molecule has 0 heterocycles. The smallest absolute Gasteiger partial charge is 0.170 e. The van der Waals surface area contributed by atoms with Crippen LogP contribution >= 0.6 is 0 Å². The maximum absolute atomic E-state index is 8.69. The van der Waals surface area contributed by atoms with Gasteiger partial charge in [-0.15, -0.1) is 0 Å². The number of nitrogens with two attached hydrogens (primary N) is 1. The highest BCUT2D eigenvalue weighted by atomic mass is 16.4. The van der Waals surface area contributed by atoms with Crippen LogP contribution in [0.4, 0.5) is 0 Å². The molecule has 0 fully saturated rings. The van der Waals surface area contributed by atoms with Crippen molar-refractivity contribution in [2.75, 3.05) is 6.54 Å². The van der Waals surface area contributed by atoms with Crippen molar-refractivity contribution >= 4 is 5.84 Å². The van der Waals surface area contributed by atoms with Gasteiger partial charge in [0.2, 0.25) is 0 Å². The molecule has 1 unspecified atom stereocenters. The van der Waals surface area contributed by atoms with E-state index in [4.69, 9.17) is 10.9 Å². The molecule has 0 aliphatic heterocycles. The minimum atomic E-state index is 0.156. The SMILES string of the molecule is CCC(C)N(CC)Cc1ccc(/C(N)=N/O)cc1C. The first-order valence-electron chi connectivity index (χ1n) is 6.84. The first-order chi connectivity index (χ1) is 9.03. The Morgan fingerprint density at radius 1 is 1.42 bits per heavy atom. The molecule has 0 radical (unpaired) electrons.